The SMILES string of the molecule is CNC1COCC1c1nc2cccnc2n1C1CC1. The van der Waals surface area contributed by atoms with Gasteiger partial charge in [-0.15, -0.1) is 0 Å². The fraction of sp³-hybridized carbons (Fsp3) is 0.571. The summed E-state index contributed by atoms with van der Waals surface area (Å²) in [7, 11) is 1.99. The zero-order valence-electron chi connectivity index (χ0n) is 11.0. The summed E-state index contributed by atoms with van der Waals surface area (Å²) >= 11 is 0. The van der Waals surface area contributed by atoms with E-state index < -0.39 is 0 Å². The molecule has 5 heteroatoms. The average molecular weight is 258 g/mol. The molecule has 4 rings (SSSR count). The Hall–Kier alpha value is -1.46. The van der Waals surface area contributed by atoms with Crippen molar-refractivity contribution in [1.29, 1.82) is 0 Å². The van der Waals surface area contributed by atoms with Crippen LogP contribution < -0.4 is 5.32 Å². The summed E-state index contributed by atoms with van der Waals surface area (Å²) in [5, 5.41) is 3.34. The first kappa shape index (κ1) is 11.4. The summed E-state index contributed by atoms with van der Waals surface area (Å²) in [6, 6.07) is 4.95. The molecular formula is C14H18N4O. The fourth-order valence-corrected chi connectivity index (χ4v) is 2.99. The van der Waals surface area contributed by atoms with Gasteiger partial charge < -0.3 is 14.6 Å². The van der Waals surface area contributed by atoms with Crippen LogP contribution in [0.2, 0.25) is 0 Å². The van der Waals surface area contributed by atoms with Gasteiger partial charge in [0, 0.05) is 18.3 Å². The number of aromatic nitrogens is 3. The van der Waals surface area contributed by atoms with Crippen LogP contribution in [0.15, 0.2) is 18.3 Å². The van der Waals surface area contributed by atoms with E-state index in [0.717, 1.165) is 30.2 Å². The lowest BCUT2D eigenvalue weighted by Crippen LogP contribution is -2.32. The number of likely N-dealkylation sites (N-methyl/N-ethyl adjacent to an activating group) is 1. The smallest absolute Gasteiger partial charge is 0.160 e. The van der Waals surface area contributed by atoms with Gasteiger partial charge in [0.2, 0.25) is 0 Å². The largest absolute Gasteiger partial charge is 0.379 e. The first-order valence-electron chi connectivity index (χ1n) is 6.96. The molecule has 3 heterocycles. The third-order valence-electron chi connectivity index (χ3n) is 4.17. The summed E-state index contributed by atoms with van der Waals surface area (Å²) in [5.74, 6) is 1.48. The van der Waals surface area contributed by atoms with Crippen LogP contribution in [-0.2, 0) is 4.74 Å². The molecule has 2 atom stereocenters. The van der Waals surface area contributed by atoms with E-state index in [0.29, 0.717) is 18.0 Å². The van der Waals surface area contributed by atoms with Gasteiger partial charge >= 0.3 is 0 Å². The molecule has 2 aromatic heterocycles. The minimum atomic E-state index is 0.333. The van der Waals surface area contributed by atoms with Gasteiger partial charge in [-0.1, -0.05) is 0 Å². The van der Waals surface area contributed by atoms with Gasteiger partial charge in [0.1, 0.15) is 11.3 Å². The fourth-order valence-electron chi connectivity index (χ4n) is 2.99. The standard InChI is InChI=1S/C14H18N4O/c1-15-12-8-19-7-10(12)13-17-11-3-2-6-16-14(11)18(13)9-4-5-9/h2-3,6,9-10,12,15H,4-5,7-8H2,1H3. The Kier molecular flexibility index (Phi) is 2.56. The molecule has 0 aromatic carbocycles. The zero-order chi connectivity index (χ0) is 12.8. The minimum absolute atomic E-state index is 0.333. The van der Waals surface area contributed by atoms with Gasteiger partial charge in [-0.05, 0) is 32.0 Å². The predicted molar refractivity (Wildman–Crippen MR) is 72.2 cm³/mol. The second-order valence-corrected chi connectivity index (χ2v) is 5.46. The van der Waals surface area contributed by atoms with Crippen molar-refractivity contribution in [2.24, 2.45) is 0 Å². The lowest BCUT2D eigenvalue weighted by molar-refractivity contribution is 0.187. The Morgan fingerprint density at radius 3 is 3.05 bits per heavy atom. The van der Waals surface area contributed by atoms with Crippen LogP contribution in [0, 0.1) is 0 Å². The van der Waals surface area contributed by atoms with Gasteiger partial charge in [-0.25, -0.2) is 9.97 Å². The van der Waals surface area contributed by atoms with E-state index >= 15 is 0 Å². The first-order chi connectivity index (χ1) is 9.38. The van der Waals surface area contributed by atoms with Crippen LogP contribution in [0.1, 0.15) is 30.6 Å². The Morgan fingerprint density at radius 1 is 1.37 bits per heavy atom. The lowest BCUT2D eigenvalue weighted by Gasteiger charge is -2.17. The van der Waals surface area contributed by atoms with Gasteiger partial charge in [0.25, 0.3) is 0 Å². The molecule has 2 fully saturated rings. The van der Waals surface area contributed by atoms with Gasteiger partial charge in [-0.2, -0.15) is 0 Å². The molecule has 1 aliphatic carbocycles. The number of nitrogens with zero attached hydrogens (tertiary/aromatic N) is 3. The number of imidazole rings is 1. The van der Waals surface area contributed by atoms with Crippen molar-refractivity contribution in [3.63, 3.8) is 0 Å². The molecule has 2 unspecified atom stereocenters. The van der Waals surface area contributed by atoms with Crippen LogP contribution in [-0.4, -0.2) is 40.8 Å². The molecule has 0 radical (unpaired) electrons. The summed E-state index contributed by atoms with van der Waals surface area (Å²) < 4.78 is 7.98. The quantitative estimate of drug-likeness (QED) is 0.905. The molecule has 1 N–H and O–H groups in total. The maximum absolute atomic E-state index is 5.63. The second-order valence-electron chi connectivity index (χ2n) is 5.46. The molecule has 0 bridgehead atoms. The number of ether oxygens (including phenoxy) is 1. The van der Waals surface area contributed by atoms with E-state index in [2.05, 4.69) is 20.9 Å². The first-order valence-corrected chi connectivity index (χ1v) is 6.96. The number of rotatable bonds is 3. The van der Waals surface area contributed by atoms with Crippen molar-refractivity contribution in [2.75, 3.05) is 20.3 Å². The third kappa shape index (κ3) is 1.76. The van der Waals surface area contributed by atoms with Crippen molar-refractivity contribution in [1.82, 2.24) is 19.9 Å². The van der Waals surface area contributed by atoms with Crippen LogP contribution in [0.25, 0.3) is 11.2 Å². The van der Waals surface area contributed by atoms with Gasteiger partial charge in [0.05, 0.1) is 19.1 Å². The maximum Gasteiger partial charge on any atom is 0.160 e. The average Bonchev–Trinajstić information content (AvgIpc) is 3.05. The number of pyridine rings is 1. The van der Waals surface area contributed by atoms with Crippen molar-refractivity contribution in [3.05, 3.63) is 24.2 Å². The highest BCUT2D eigenvalue weighted by Crippen LogP contribution is 2.40. The highest BCUT2D eigenvalue weighted by Gasteiger charge is 2.36. The molecule has 0 spiro atoms. The highest BCUT2D eigenvalue weighted by atomic mass is 16.5. The van der Waals surface area contributed by atoms with E-state index in [-0.39, 0.29) is 0 Å². The normalized spacial score (nSPS) is 27.2. The van der Waals surface area contributed by atoms with Gasteiger partial charge in [0.15, 0.2) is 5.65 Å². The molecule has 1 aliphatic heterocycles. The Morgan fingerprint density at radius 2 is 2.26 bits per heavy atom. The minimum Gasteiger partial charge on any atom is -0.379 e. The molecule has 5 nitrogen and oxygen atoms in total. The predicted octanol–water partition coefficient (Wildman–Crippen LogP) is 1.47. The molecule has 1 saturated carbocycles. The topological polar surface area (TPSA) is 52.0 Å². The Balaban J connectivity index is 1.86. The van der Waals surface area contributed by atoms with Crippen molar-refractivity contribution < 1.29 is 4.74 Å². The molecule has 2 aliphatic rings. The Bertz CT molecular complexity index is 605. The molecular weight excluding hydrogens is 240 g/mol. The highest BCUT2D eigenvalue weighted by molar-refractivity contribution is 5.71. The van der Waals surface area contributed by atoms with Crippen LogP contribution in [0.4, 0.5) is 0 Å². The number of hydrogen-bond acceptors (Lipinski definition) is 4. The third-order valence-corrected chi connectivity index (χ3v) is 4.17. The molecule has 0 amide bonds. The van der Waals surface area contributed by atoms with Crippen LogP contribution in [0.5, 0.6) is 0 Å². The Labute approximate surface area is 112 Å². The molecule has 2 aromatic rings. The maximum atomic E-state index is 5.63. The van der Waals surface area contributed by atoms with E-state index in [1.54, 1.807) is 0 Å². The second kappa shape index (κ2) is 4.28. The van der Waals surface area contributed by atoms with Crippen LogP contribution in [0.3, 0.4) is 0 Å². The summed E-state index contributed by atoms with van der Waals surface area (Å²) in [5.41, 5.74) is 2.04. The summed E-state index contributed by atoms with van der Waals surface area (Å²) in [6.45, 7) is 1.52. The summed E-state index contributed by atoms with van der Waals surface area (Å²) in [6.07, 6.45) is 4.34. The van der Waals surface area contributed by atoms with E-state index in [1.807, 2.05) is 19.3 Å². The summed E-state index contributed by atoms with van der Waals surface area (Å²) in [4.78, 5) is 9.36. The van der Waals surface area contributed by atoms with E-state index in [9.17, 15) is 0 Å². The van der Waals surface area contributed by atoms with Crippen molar-refractivity contribution in [2.45, 2.75) is 30.8 Å². The molecule has 19 heavy (non-hydrogen) atoms. The monoisotopic (exact) mass is 258 g/mol. The van der Waals surface area contributed by atoms with Crippen LogP contribution >= 0.6 is 0 Å². The van der Waals surface area contributed by atoms with Gasteiger partial charge in [-0.3, -0.25) is 0 Å². The number of nitrogens with one attached hydrogen (secondary N) is 1. The number of hydrogen-bond donors (Lipinski definition) is 1. The zero-order valence-corrected chi connectivity index (χ0v) is 11.0. The van der Waals surface area contributed by atoms with E-state index in [4.69, 9.17) is 9.72 Å². The van der Waals surface area contributed by atoms with Crippen molar-refractivity contribution in [3.8, 4) is 0 Å². The number of fused-ring (bicyclic) bond motifs is 1. The lowest BCUT2D eigenvalue weighted by atomic mass is 10.0. The molecule has 100 valence electrons. The molecule has 1 saturated heterocycles. The van der Waals surface area contributed by atoms with Crippen molar-refractivity contribution >= 4 is 11.2 Å². The van der Waals surface area contributed by atoms with E-state index in [1.165, 1.54) is 12.8 Å².